The highest BCUT2D eigenvalue weighted by atomic mass is 35.5. The van der Waals surface area contributed by atoms with Gasteiger partial charge in [0.2, 0.25) is 5.69 Å². The van der Waals surface area contributed by atoms with Gasteiger partial charge in [-0.25, -0.2) is 4.85 Å². The molecular weight excluding hydrogens is 256 g/mol. The molecule has 2 N–H and O–H groups in total. The van der Waals surface area contributed by atoms with E-state index in [1.807, 2.05) is 18.2 Å². The summed E-state index contributed by atoms with van der Waals surface area (Å²) in [5.74, 6) is 0.532. The second kappa shape index (κ2) is 4.51. The van der Waals surface area contributed by atoms with Crippen molar-refractivity contribution in [2.45, 2.75) is 40.2 Å². The zero-order chi connectivity index (χ0) is 14.4. The molecule has 0 heterocycles. The highest BCUT2D eigenvalue weighted by Gasteiger charge is 2.59. The Bertz CT molecular complexity index is 524. The van der Waals surface area contributed by atoms with E-state index in [0.717, 1.165) is 6.42 Å². The number of rotatable bonds is 2. The van der Waals surface area contributed by atoms with Crippen LogP contribution in [0.4, 0.5) is 5.69 Å². The van der Waals surface area contributed by atoms with Gasteiger partial charge in [-0.2, -0.15) is 0 Å². The fourth-order valence-corrected chi connectivity index (χ4v) is 4.03. The summed E-state index contributed by atoms with van der Waals surface area (Å²) in [4.78, 5) is 3.39. The second-order valence-corrected chi connectivity index (χ2v) is 7.18. The number of nitrogens with zero attached hydrogens (tertiary/aromatic N) is 1. The summed E-state index contributed by atoms with van der Waals surface area (Å²) < 4.78 is 0. The van der Waals surface area contributed by atoms with Crippen LogP contribution in [0.3, 0.4) is 0 Å². The van der Waals surface area contributed by atoms with Crippen LogP contribution >= 0.6 is 11.6 Å². The summed E-state index contributed by atoms with van der Waals surface area (Å²) in [7, 11) is 0. The van der Waals surface area contributed by atoms with E-state index in [9.17, 15) is 0 Å². The summed E-state index contributed by atoms with van der Waals surface area (Å²) in [6, 6.07) is 5.96. The van der Waals surface area contributed by atoms with Crippen molar-refractivity contribution < 1.29 is 0 Å². The van der Waals surface area contributed by atoms with Crippen molar-refractivity contribution in [1.29, 1.82) is 0 Å². The zero-order valence-corrected chi connectivity index (χ0v) is 12.8. The summed E-state index contributed by atoms with van der Waals surface area (Å²) in [5.41, 5.74) is 8.29. The molecule has 0 atom stereocenters. The lowest BCUT2D eigenvalue weighted by Crippen LogP contribution is -2.68. The average molecular weight is 277 g/mol. The standard InChI is InChI=1S/C16H21ClN2/c1-15(2)13(16(3,4)14(15)18)9-10-6-7-12(19-5)11(17)8-10/h6-8,13-14H,9,18H2,1-4H3. The molecule has 1 aromatic rings. The normalized spacial score (nSPS) is 27.4. The summed E-state index contributed by atoms with van der Waals surface area (Å²) >= 11 is 6.11. The summed E-state index contributed by atoms with van der Waals surface area (Å²) in [5, 5.41) is 0.548. The first kappa shape index (κ1) is 14.4. The van der Waals surface area contributed by atoms with E-state index >= 15 is 0 Å². The maximum Gasteiger partial charge on any atom is 0.205 e. The van der Waals surface area contributed by atoms with Gasteiger partial charge in [0.15, 0.2) is 0 Å². The minimum Gasteiger partial charge on any atom is -0.327 e. The van der Waals surface area contributed by atoms with Crippen molar-refractivity contribution in [3.05, 3.63) is 40.2 Å². The average Bonchev–Trinajstić information content (AvgIpc) is 2.34. The molecule has 102 valence electrons. The molecule has 1 fully saturated rings. The van der Waals surface area contributed by atoms with Crippen LogP contribution in [-0.2, 0) is 6.42 Å². The molecule has 3 heteroatoms. The van der Waals surface area contributed by atoms with Gasteiger partial charge in [-0.1, -0.05) is 57.5 Å². The van der Waals surface area contributed by atoms with Crippen molar-refractivity contribution in [3.8, 4) is 0 Å². The van der Waals surface area contributed by atoms with E-state index < -0.39 is 0 Å². The van der Waals surface area contributed by atoms with E-state index in [1.165, 1.54) is 5.56 Å². The largest absolute Gasteiger partial charge is 0.327 e. The molecule has 0 amide bonds. The van der Waals surface area contributed by atoms with Crippen molar-refractivity contribution >= 4 is 17.3 Å². The van der Waals surface area contributed by atoms with Crippen molar-refractivity contribution in [2.75, 3.05) is 0 Å². The van der Waals surface area contributed by atoms with E-state index in [4.69, 9.17) is 23.9 Å². The molecule has 2 nitrogen and oxygen atoms in total. The maximum absolute atomic E-state index is 7.02. The SMILES string of the molecule is [C-]#[N+]c1ccc(CC2C(C)(C)C(N)C2(C)C)cc1Cl. The minimum absolute atomic E-state index is 0.147. The Morgan fingerprint density at radius 1 is 1.26 bits per heavy atom. The van der Waals surface area contributed by atoms with Gasteiger partial charge < -0.3 is 5.73 Å². The Morgan fingerprint density at radius 2 is 1.84 bits per heavy atom. The third kappa shape index (κ3) is 2.16. The van der Waals surface area contributed by atoms with Gasteiger partial charge in [-0.05, 0) is 28.7 Å². The van der Waals surface area contributed by atoms with E-state index in [2.05, 4.69) is 32.5 Å². The summed E-state index contributed by atoms with van der Waals surface area (Å²) in [6.45, 7) is 16.0. The Balaban J connectivity index is 2.23. The number of nitrogens with two attached hydrogens (primary N) is 1. The smallest absolute Gasteiger partial charge is 0.205 e. The lowest BCUT2D eigenvalue weighted by molar-refractivity contribution is -0.108. The van der Waals surface area contributed by atoms with E-state index in [0.29, 0.717) is 16.6 Å². The fourth-order valence-electron chi connectivity index (χ4n) is 3.78. The molecule has 0 bridgehead atoms. The van der Waals surface area contributed by atoms with Crippen LogP contribution in [0.1, 0.15) is 33.3 Å². The van der Waals surface area contributed by atoms with E-state index in [1.54, 1.807) is 0 Å². The van der Waals surface area contributed by atoms with Gasteiger partial charge >= 0.3 is 0 Å². The van der Waals surface area contributed by atoms with Crippen LogP contribution in [0.2, 0.25) is 5.02 Å². The number of hydrogen-bond acceptors (Lipinski definition) is 1. The molecule has 1 aliphatic carbocycles. The molecule has 0 radical (unpaired) electrons. The Kier molecular flexibility index (Phi) is 3.41. The van der Waals surface area contributed by atoms with Crippen LogP contribution in [0, 0.1) is 23.3 Å². The van der Waals surface area contributed by atoms with Crippen LogP contribution in [-0.4, -0.2) is 6.04 Å². The van der Waals surface area contributed by atoms with Gasteiger partial charge in [0.1, 0.15) is 0 Å². The van der Waals surface area contributed by atoms with Gasteiger partial charge in [-0.15, -0.1) is 0 Å². The van der Waals surface area contributed by atoms with Gasteiger partial charge in [0, 0.05) is 11.1 Å². The maximum atomic E-state index is 7.02. The van der Waals surface area contributed by atoms with Gasteiger partial charge in [0.25, 0.3) is 0 Å². The quantitative estimate of drug-likeness (QED) is 0.795. The molecule has 0 aromatic heterocycles. The van der Waals surface area contributed by atoms with E-state index in [-0.39, 0.29) is 16.9 Å². The lowest BCUT2D eigenvalue weighted by atomic mass is 9.43. The van der Waals surface area contributed by atoms with Crippen LogP contribution in [0.25, 0.3) is 4.85 Å². The first-order chi connectivity index (χ1) is 8.71. The molecule has 0 aliphatic heterocycles. The molecule has 1 aliphatic rings. The molecule has 0 unspecified atom stereocenters. The third-order valence-corrected chi connectivity index (χ3v) is 5.27. The minimum atomic E-state index is 0.147. The zero-order valence-electron chi connectivity index (χ0n) is 12.0. The van der Waals surface area contributed by atoms with Gasteiger partial charge in [0.05, 0.1) is 6.57 Å². The van der Waals surface area contributed by atoms with Gasteiger partial charge in [-0.3, -0.25) is 0 Å². The molecular formula is C16H21ClN2. The monoisotopic (exact) mass is 276 g/mol. The number of halogens is 1. The van der Waals surface area contributed by atoms with Crippen LogP contribution in [0.15, 0.2) is 18.2 Å². The number of benzene rings is 1. The van der Waals surface area contributed by atoms with Crippen molar-refractivity contribution in [1.82, 2.24) is 0 Å². The number of hydrogen-bond donors (Lipinski definition) is 1. The highest BCUT2D eigenvalue weighted by molar-refractivity contribution is 6.33. The Labute approximate surface area is 120 Å². The molecule has 1 aromatic carbocycles. The predicted molar refractivity (Wildman–Crippen MR) is 80.4 cm³/mol. The second-order valence-electron chi connectivity index (χ2n) is 6.77. The Morgan fingerprint density at radius 3 is 2.32 bits per heavy atom. The lowest BCUT2D eigenvalue weighted by Gasteiger charge is -2.63. The fraction of sp³-hybridized carbons (Fsp3) is 0.562. The van der Waals surface area contributed by atoms with Crippen LogP contribution < -0.4 is 5.73 Å². The first-order valence-electron chi connectivity index (χ1n) is 6.62. The predicted octanol–water partition coefficient (Wildman–Crippen LogP) is 4.44. The van der Waals surface area contributed by atoms with Crippen LogP contribution in [0.5, 0.6) is 0 Å². The molecule has 1 saturated carbocycles. The van der Waals surface area contributed by atoms with Crippen molar-refractivity contribution in [2.24, 2.45) is 22.5 Å². The third-order valence-electron chi connectivity index (χ3n) is 4.97. The molecule has 2 rings (SSSR count). The molecule has 0 saturated heterocycles. The molecule has 0 spiro atoms. The highest BCUT2D eigenvalue weighted by Crippen LogP contribution is 2.58. The Hall–Kier alpha value is -1.04. The van der Waals surface area contributed by atoms with Crippen molar-refractivity contribution in [3.63, 3.8) is 0 Å². The molecule has 19 heavy (non-hydrogen) atoms. The summed E-state index contributed by atoms with van der Waals surface area (Å²) in [6.07, 6.45) is 0.964. The first-order valence-corrected chi connectivity index (χ1v) is 7.00. The topological polar surface area (TPSA) is 30.4 Å².